The largest absolute Gasteiger partial charge is 0.368 e. The Morgan fingerprint density at radius 3 is 2.62 bits per heavy atom. The number of carbonyl (C=O) groups is 1. The molecule has 1 rings (SSSR count). The molecule has 1 aliphatic carbocycles. The van der Waals surface area contributed by atoms with Gasteiger partial charge in [0.2, 0.25) is 5.91 Å². The van der Waals surface area contributed by atoms with Crippen molar-refractivity contribution in [2.45, 2.75) is 57.5 Å². The van der Waals surface area contributed by atoms with Crippen LogP contribution in [0, 0.1) is 0 Å². The number of carbonyl (C=O) groups excluding carboxylic acids is 1. The molecule has 1 aliphatic rings. The van der Waals surface area contributed by atoms with Gasteiger partial charge in [0, 0.05) is 6.04 Å². The van der Waals surface area contributed by atoms with Crippen molar-refractivity contribution in [2.75, 3.05) is 13.1 Å². The molecular weight excluding hydrogens is 202 g/mol. The van der Waals surface area contributed by atoms with E-state index in [1.165, 1.54) is 12.8 Å². The first kappa shape index (κ1) is 13.5. The zero-order valence-electron chi connectivity index (χ0n) is 10.5. The Morgan fingerprint density at radius 2 is 2.19 bits per heavy atom. The number of primary amides is 1. The third kappa shape index (κ3) is 2.95. The van der Waals surface area contributed by atoms with Gasteiger partial charge < -0.3 is 16.4 Å². The predicted octanol–water partition coefficient (Wildman–Crippen LogP) is 0.844. The van der Waals surface area contributed by atoms with Gasteiger partial charge in [-0.2, -0.15) is 0 Å². The van der Waals surface area contributed by atoms with Crippen LogP contribution in [0.25, 0.3) is 0 Å². The lowest BCUT2D eigenvalue weighted by molar-refractivity contribution is -0.123. The number of unbranched alkanes of at least 4 members (excludes halogenated alkanes) is 1. The van der Waals surface area contributed by atoms with E-state index < -0.39 is 5.54 Å². The second-order valence-electron chi connectivity index (χ2n) is 4.90. The summed E-state index contributed by atoms with van der Waals surface area (Å²) in [6, 6.07) is 0.439. The molecule has 16 heavy (non-hydrogen) atoms. The highest BCUT2D eigenvalue weighted by Crippen LogP contribution is 2.31. The van der Waals surface area contributed by atoms with Gasteiger partial charge in [-0.25, -0.2) is 0 Å². The number of hydrogen-bond donors (Lipinski definition) is 2. The number of hydrogen-bond acceptors (Lipinski definition) is 3. The van der Waals surface area contributed by atoms with Crippen molar-refractivity contribution in [3.63, 3.8) is 0 Å². The van der Waals surface area contributed by atoms with Gasteiger partial charge in [-0.15, -0.1) is 0 Å². The van der Waals surface area contributed by atoms with Crippen LogP contribution in [0.4, 0.5) is 0 Å². The number of amides is 1. The first-order valence-electron chi connectivity index (χ1n) is 6.36. The molecular formula is C12H25N3O. The maximum absolute atomic E-state index is 11.3. The number of nitrogens with two attached hydrogens (primary N) is 2. The Kier molecular flexibility index (Phi) is 4.74. The van der Waals surface area contributed by atoms with Crippen LogP contribution in [-0.4, -0.2) is 35.5 Å². The van der Waals surface area contributed by atoms with E-state index in [0.717, 1.165) is 32.4 Å². The Balaban J connectivity index is 2.53. The minimum absolute atomic E-state index is 0.346. The molecule has 0 spiro atoms. The molecule has 2 atom stereocenters. The fraction of sp³-hybridized carbons (Fsp3) is 0.917. The molecule has 0 aromatic heterocycles. The summed E-state index contributed by atoms with van der Waals surface area (Å²) >= 11 is 0. The van der Waals surface area contributed by atoms with Crippen LogP contribution in [0.5, 0.6) is 0 Å². The van der Waals surface area contributed by atoms with Crippen LogP contribution >= 0.6 is 0 Å². The predicted molar refractivity (Wildman–Crippen MR) is 65.9 cm³/mol. The molecule has 1 saturated carbocycles. The van der Waals surface area contributed by atoms with Crippen molar-refractivity contribution in [3.05, 3.63) is 0 Å². The minimum Gasteiger partial charge on any atom is -0.368 e. The highest BCUT2D eigenvalue weighted by atomic mass is 16.1. The topological polar surface area (TPSA) is 72.3 Å². The highest BCUT2D eigenvalue weighted by Gasteiger charge is 2.42. The lowest BCUT2D eigenvalue weighted by Gasteiger charge is -2.28. The highest BCUT2D eigenvalue weighted by molar-refractivity contribution is 5.84. The van der Waals surface area contributed by atoms with Crippen LogP contribution in [-0.2, 0) is 4.79 Å². The van der Waals surface area contributed by atoms with E-state index in [4.69, 9.17) is 11.5 Å². The van der Waals surface area contributed by atoms with Crippen molar-refractivity contribution in [1.82, 2.24) is 4.90 Å². The summed E-state index contributed by atoms with van der Waals surface area (Å²) in [5.74, 6) is -0.346. The van der Waals surface area contributed by atoms with Gasteiger partial charge >= 0.3 is 0 Å². The molecule has 0 heterocycles. The smallest absolute Gasteiger partial charge is 0.237 e. The molecule has 1 amide bonds. The second kappa shape index (κ2) is 5.64. The summed E-state index contributed by atoms with van der Waals surface area (Å²) in [5, 5.41) is 0. The fourth-order valence-electron chi connectivity index (χ4n) is 2.54. The zero-order chi connectivity index (χ0) is 12.2. The van der Waals surface area contributed by atoms with Gasteiger partial charge in [0.25, 0.3) is 0 Å². The Morgan fingerprint density at radius 1 is 1.50 bits per heavy atom. The molecule has 4 N–H and O–H groups in total. The lowest BCUT2D eigenvalue weighted by Crippen LogP contribution is -2.51. The normalized spacial score (nSPS) is 29.9. The van der Waals surface area contributed by atoms with E-state index in [-0.39, 0.29) is 5.91 Å². The van der Waals surface area contributed by atoms with E-state index in [2.05, 4.69) is 18.7 Å². The first-order chi connectivity index (χ1) is 7.53. The van der Waals surface area contributed by atoms with Crippen molar-refractivity contribution in [2.24, 2.45) is 11.5 Å². The first-order valence-corrected chi connectivity index (χ1v) is 6.36. The lowest BCUT2D eigenvalue weighted by atomic mass is 9.98. The van der Waals surface area contributed by atoms with Gasteiger partial charge in [0.05, 0.1) is 5.54 Å². The van der Waals surface area contributed by atoms with Crippen LogP contribution < -0.4 is 11.5 Å². The van der Waals surface area contributed by atoms with Gasteiger partial charge in [-0.3, -0.25) is 4.79 Å². The summed E-state index contributed by atoms with van der Waals surface area (Å²) in [6.45, 7) is 6.49. The summed E-state index contributed by atoms with van der Waals surface area (Å²) < 4.78 is 0. The van der Waals surface area contributed by atoms with E-state index in [1.807, 2.05) is 0 Å². The summed E-state index contributed by atoms with van der Waals surface area (Å²) in [7, 11) is 0. The average Bonchev–Trinajstić information content (AvgIpc) is 2.64. The fourth-order valence-corrected chi connectivity index (χ4v) is 2.54. The molecule has 0 aliphatic heterocycles. The quantitative estimate of drug-likeness (QED) is 0.706. The van der Waals surface area contributed by atoms with Gasteiger partial charge in [0.15, 0.2) is 0 Å². The number of rotatable bonds is 6. The zero-order valence-corrected chi connectivity index (χ0v) is 10.5. The van der Waals surface area contributed by atoms with E-state index in [1.54, 1.807) is 0 Å². The molecule has 2 unspecified atom stereocenters. The SMILES string of the molecule is CCCCN(CC)C1CCC(N)(C(N)=O)C1. The van der Waals surface area contributed by atoms with Crippen LogP contribution in [0.15, 0.2) is 0 Å². The molecule has 0 saturated heterocycles. The Labute approximate surface area is 98.3 Å². The van der Waals surface area contributed by atoms with Crippen molar-refractivity contribution < 1.29 is 4.79 Å². The third-order valence-corrected chi connectivity index (χ3v) is 3.74. The Hall–Kier alpha value is -0.610. The van der Waals surface area contributed by atoms with Crippen molar-refractivity contribution >= 4 is 5.91 Å². The molecule has 0 radical (unpaired) electrons. The maximum Gasteiger partial charge on any atom is 0.237 e. The van der Waals surface area contributed by atoms with Gasteiger partial charge in [-0.05, 0) is 38.8 Å². The molecule has 94 valence electrons. The summed E-state index contributed by atoms with van der Waals surface area (Å²) in [4.78, 5) is 13.7. The minimum atomic E-state index is -0.760. The molecule has 1 fully saturated rings. The number of nitrogens with zero attached hydrogens (tertiary/aromatic N) is 1. The van der Waals surface area contributed by atoms with Gasteiger partial charge in [-0.1, -0.05) is 20.3 Å². The van der Waals surface area contributed by atoms with Crippen LogP contribution in [0.3, 0.4) is 0 Å². The maximum atomic E-state index is 11.3. The van der Waals surface area contributed by atoms with Crippen molar-refractivity contribution in [1.29, 1.82) is 0 Å². The van der Waals surface area contributed by atoms with E-state index >= 15 is 0 Å². The van der Waals surface area contributed by atoms with Crippen LogP contribution in [0.2, 0.25) is 0 Å². The monoisotopic (exact) mass is 227 g/mol. The summed E-state index contributed by atoms with van der Waals surface area (Å²) in [6.07, 6.45) is 4.86. The van der Waals surface area contributed by atoms with Crippen LogP contribution in [0.1, 0.15) is 46.0 Å². The third-order valence-electron chi connectivity index (χ3n) is 3.74. The average molecular weight is 227 g/mol. The molecule has 4 heteroatoms. The Bertz CT molecular complexity index is 244. The second-order valence-corrected chi connectivity index (χ2v) is 4.90. The molecule has 4 nitrogen and oxygen atoms in total. The molecule has 0 aromatic rings. The van der Waals surface area contributed by atoms with E-state index in [9.17, 15) is 4.79 Å². The van der Waals surface area contributed by atoms with Gasteiger partial charge in [0.1, 0.15) is 0 Å². The molecule has 0 aromatic carbocycles. The summed E-state index contributed by atoms with van der Waals surface area (Å²) in [5.41, 5.74) is 10.6. The van der Waals surface area contributed by atoms with Crippen molar-refractivity contribution in [3.8, 4) is 0 Å². The standard InChI is InChI=1S/C12H25N3O/c1-3-5-8-15(4-2)10-6-7-12(14,9-10)11(13)16/h10H,3-9,14H2,1-2H3,(H2,13,16). The van der Waals surface area contributed by atoms with E-state index in [0.29, 0.717) is 6.04 Å². The molecule has 0 bridgehead atoms.